The lowest BCUT2D eigenvalue weighted by Gasteiger charge is -2.60. The third kappa shape index (κ3) is 1.67. The van der Waals surface area contributed by atoms with Crippen LogP contribution in [0.5, 0.6) is 5.75 Å². The van der Waals surface area contributed by atoms with Gasteiger partial charge in [-0.25, -0.2) is 0 Å². The van der Waals surface area contributed by atoms with Crippen LogP contribution in [0.1, 0.15) is 51.5 Å². The molecule has 3 fully saturated rings. The number of aliphatic hydroxyl groups excluding tert-OH is 1. The minimum absolute atomic E-state index is 0.00781. The highest BCUT2D eigenvalue weighted by Crippen LogP contribution is 2.66. The van der Waals surface area contributed by atoms with E-state index in [1.54, 1.807) is 13.0 Å². The normalized spacial score (nSPS) is 40.9. The Bertz CT molecular complexity index is 781. The first-order chi connectivity index (χ1) is 12.5. The van der Waals surface area contributed by atoms with E-state index in [1.165, 1.54) is 0 Å². The second-order valence-electron chi connectivity index (χ2n) is 8.74. The molecular formula is C21H28N2O3. The Morgan fingerprint density at radius 2 is 2.08 bits per heavy atom. The summed E-state index contributed by atoms with van der Waals surface area (Å²) in [6, 6.07) is 6.04. The van der Waals surface area contributed by atoms with Crippen molar-refractivity contribution in [2.75, 3.05) is 18.0 Å². The van der Waals surface area contributed by atoms with Crippen molar-refractivity contribution in [3.8, 4) is 5.75 Å². The second kappa shape index (κ2) is 5.23. The molecule has 0 aromatic heterocycles. The molecule has 1 aromatic rings. The second-order valence-corrected chi connectivity index (χ2v) is 8.74. The maximum Gasteiger partial charge on any atom is 0.224 e. The van der Waals surface area contributed by atoms with Crippen LogP contribution in [0.2, 0.25) is 0 Å². The van der Waals surface area contributed by atoms with Crippen molar-refractivity contribution in [2.24, 2.45) is 5.41 Å². The van der Waals surface area contributed by atoms with Crippen molar-refractivity contribution in [3.05, 3.63) is 23.8 Å². The maximum atomic E-state index is 12.6. The van der Waals surface area contributed by atoms with E-state index in [9.17, 15) is 15.0 Å². The van der Waals surface area contributed by atoms with Crippen LogP contribution in [-0.2, 0) is 10.2 Å². The minimum Gasteiger partial charge on any atom is -0.506 e. The molecule has 0 unspecified atom stereocenters. The molecule has 5 heteroatoms. The third-order valence-electron chi connectivity index (χ3n) is 8.11. The van der Waals surface area contributed by atoms with Gasteiger partial charge in [-0.1, -0.05) is 19.1 Å². The van der Waals surface area contributed by atoms with Gasteiger partial charge < -0.3 is 15.1 Å². The number of hydrogen-bond acceptors (Lipinski definition) is 4. The van der Waals surface area contributed by atoms with Crippen molar-refractivity contribution in [1.29, 1.82) is 0 Å². The number of rotatable bonds is 1. The number of nitrogens with zero attached hydrogens (tertiary/aromatic N) is 2. The van der Waals surface area contributed by atoms with E-state index in [0.29, 0.717) is 0 Å². The molecule has 0 bridgehead atoms. The summed E-state index contributed by atoms with van der Waals surface area (Å²) in [4.78, 5) is 17.1. The average Bonchev–Trinajstić information content (AvgIpc) is 3.16. The highest BCUT2D eigenvalue weighted by molar-refractivity contribution is 5.98. The number of piperidine rings is 1. The molecule has 1 spiro atoms. The Labute approximate surface area is 154 Å². The predicted molar refractivity (Wildman–Crippen MR) is 99.3 cm³/mol. The molecule has 0 radical (unpaired) electrons. The highest BCUT2D eigenvalue weighted by atomic mass is 16.3. The van der Waals surface area contributed by atoms with Crippen molar-refractivity contribution in [3.63, 3.8) is 0 Å². The molecule has 3 heterocycles. The number of para-hydroxylation sites is 1. The first-order valence-electron chi connectivity index (χ1n) is 10.0. The van der Waals surface area contributed by atoms with Gasteiger partial charge in [0.2, 0.25) is 5.91 Å². The van der Waals surface area contributed by atoms with Crippen LogP contribution < -0.4 is 4.90 Å². The number of anilines is 1. The molecule has 1 aliphatic carbocycles. The molecular weight excluding hydrogens is 328 g/mol. The molecule has 1 amide bonds. The smallest absolute Gasteiger partial charge is 0.224 e. The van der Waals surface area contributed by atoms with E-state index in [2.05, 4.69) is 17.9 Å². The van der Waals surface area contributed by atoms with Crippen LogP contribution in [0.15, 0.2) is 18.2 Å². The lowest BCUT2D eigenvalue weighted by Crippen LogP contribution is -2.68. The number of amides is 1. The van der Waals surface area contributed by atoms with Crippen molar-refractivity contribution < 1.29 is 15.0 Å². The Morgan fingerprint density at radius 1 is 1.27 bits per heavy atom. The van der Waals surface area contributed by atoms with Gasteiger partial charge in [-0.05, 0) is 50.3 Å². The molecule has 26 heavy (non-hydrogen) atoms. The zero-order valence-corrected chi connectivity index (χ0v) is 15.6. The number of aromatic hydroxyl groups is 1. The van der Waals surface area contributed by atoms with Crippen molar-refractivity contribution in [1.82, 2.24) is 4.90 Å². The van der Waals surface area contributed by atoms with Gasteiger partial charge in [0.25, 0.3) is 0 Å². The van der Waals surface area contributed by atoms with Crippen LogP contribution in [-0.4, -0.2) is 52.3 Å². The first-order valence-corrected chi connectivity index (χ1v) is 10.0. The lowest BCUT2D eigenvalue weighted by atomic mass is 9.51. The molecule has 2 N–H and O–H groups in total. The Hall–Kier alpha value is -1.59. The zero-order valence-electron chi connectivity index (χ0n) is 15.6. The number of aliphatic hydroxyl groups is 1. The van der Waals surface area contributed by atoms with Crippen molar-refractivity contribution in [2.45, 2.75) is 69.6 Å². The van der Waals surface area contributed by atoms with Gasteiger partial charge in [-0.15, -0.1) is 0 Å². The molecule has 4 aliphatic rings. The lowest BCUT2D eigenvalue weighted by molar-refractivity contribution is -0.125. The standard InChI is InChI=1S/C21H28N2O3/c1-3-20-9-7-16-21(10-12-22(19(20)21)11-8-17(20)26)14-5-4-6-15(25)18(14)23(16)13(2)24/h4-6,16-17,19,25-26H,3,7-12H2,1-2H3/t16-,17-,19-,20+,21-/m0/s1. The number of phenolic OH excluding ortho intramolecular Hbond substituents is 1. The van der Waals surface area contributed by atoms with E-state index >= 15 is 0 Å². The fourth-order valence-corrected chi connectivity index (χ4v) is 7.23. The van der Waals surface area contributed by atoms with Gasteiger partial charge >= 0.3 is 0 Å². The number of hydrogen-bond donors (Lipinski definition) is 2. The van der Waals surface area contributed by atoms with Crippen LogP contribution in [0.3, 0.4) is 0 Å². The monoisotopic (exact) mass is 356 g/mol. The fraction of sp³-hybridized carbons (Fsp3) is 0.667. The van der Waals surface area contributed by atoms with Gasteiger partial charge in [0.1, 0.15) is 5.75 Å². The quantitative estimate of drug-likeness (QED) is 0.811. The summed E-state index contributed by atoms with van der Waals surface area (Å²) < 4.78 is 0. The summed E-state index contributed by atoms with van der Waals surface area (Å²) in [5.41, 5.74) is 1.56. The Morgan fingerprint density at radius 3 is 2.81 bits per heavy atom. The van der Waals surface area contributed by atoms with Gasteiger partial charge in [0, 0.05) is 36.4 Å². The summed E-state index contributed by atoms with van der Waals surface area (Å²) in [6.45, 7) is 5.76. The summed E-state index contributed by atoms with van der Waals surface area (Å²) in [5.74, 6) is 0.215. The number of carbonyl (C=O) groups is 1. The molecule has 1 saturated carbocycles. The minimum atomic E-state index is -0.281. The van der Waals surface area contributed by atoms with E-state index in [-0.39, 0.29) is 40.7 Å². The van der Waals surface area contributed by atoms with Gasteiger partial charge in [0.05, 0.1) is 11.8 Å². The molecule has 1 aromatic carbocycles. The molecule has 5 atom stereocenters. The highest BCUT2D eigenvalue weighted by Gasteiger charge is 2.70. The largest absolute Gasteiger partial charge is 0.506 e. The summed E-state index contributed by atoms with van der Waals surface area (Å²) in [5, 5.41) is 21.7. The number of benzene rings is 1. The van der Waals surface area contributed by atoms with Crippen LogP contribution in [0.4, 0.5) is 5.69 Å². The van der Waals surface area contributed by atoms with E-state index in [1.807, 2.05) is 11.0 Å². The van der Waals surface area contributed by atoms with Crippen molar-refractivity contribution >= 4 is 11.6 Å². The average molecular weight is 356 g/mol. The van der Waals surface area contributed by atoms with Gasteiger partial charge in [-0.3, -0.25) is 9.69 Å². The van der Waals surface area contributed by atoms with E-state index in [0.717, 1.165) is 56.4 Å². The van der Waals surface area contributed by atoms with Crippen LogP contribution >= 0.6 is 0 Å². The number of carbonyl (C=O) groups excluding carboxylic acids is 1. The van der Waals surface area contributed by atoms with Gasteiger partial charge in [0.15, 0.2) is 0 Å². The van der Waals surface area contributed by atoms with Crippen LogP contribution in [0.25, 0.3) is 0 Å². The van der Waals surface area contributed by atoms with E-state index < -0.39 is 0 Å². The maximum absolute atomic E-state index is 12.6. The SMILES string of the molecule is CC[C@@]12CC[C@@H]3N(C(C)=O)c4c(O)cccc4[C@@]34CCN(CC[C@@H]1O)[C@@H]24. The topological polar surface area (TPSA) is 64.0 Å². The predicted octanol–water partition coefficient (Wildman–Crippen LogP) is 2.39. The molecule has 140 valence electrons. The Kier molecular flexibility index (Phi) is 3.33. The molecule has 5 nitrogen and oxygen atoms in total. The number of phenols is 1. The molecule has 2 saturated heterocycles. The third-order valence-corrected chi connectivity index (χ3v) is 8.11. The zero-order chi connectivity index (χ0) is 18.3. The van der Waals surface area contributed by atoms with Gasteiger partial charge in [-0.2, -0.15) is 0 Å². The van der Waals surface area contributed by atoms with Crippen LogP contribution in [0, 0.1) is 5.41 Å². The first kappa shape index (κ1) is 16.6. The molecule has 3 aliphatic heterocycles. The Balaban J connectivity index is 1.78. The summed E-state index contributed by atoms with van der Waals surface area (Å²) in [7, 11) is 0. The van der Waals surface area contributed by atoms with E-state index in [4.69, 9.17) is 0 Å². The fourth-order valence-electron chi connectivity index (χ4n) is 7.23. The summed E-state index contributed by atoms with van der Waals surface area (Å²) in [6.07, 6.45) is 4.35. The molecule has 5 rings (SSSR count). The number of fused-ring (bicyclic) bond motifs is 1. The summed E-state index contributed by atoms with van der Waals surface area (Å²) >= 11 is 0.